The average molecular weight is 706 g/mol. The summed E-state index contributed by atoms with van der Waals surface area (Å²) in [4.78, 5) is 42.6. The lowest BCUT2D eigenvalue weighted by Crippen LogP contribution is -2.59. The van der Waals surface area contributed by atoms with Gasteiger partial charge in [-0.2, -0.15) is 15.2 Å². The number of ether oxygens (including phenoxy) is 3. The van der Waals surface area contributed by atoms with Crippen molar-refractivity contribution >= 4 is 34.5 Å². The fourth-order valence-corrected chi connectivity index (χ4v) is 7.28. The summed E-state index contributed by atoms with van der Waals surface area (Å²) < 4.78 is 17.9. The van der Waals surface area contributed by atoms with Crippen molar-refractivity contribution < 1.29 is 28.9 Å². The van der Waals surface area contributed by atoms with Crippen LogP contribution in [0.3, 0.4) is 0 Å². The lowest BCUT2D eigenvalue weighted by atomic mass is 10.0. The zero-order valence-corrected chi connectivity index (χ0v) is 29.5. The Hall–Kier alpha value is -5.61. The smallest absolute Gasteiger partial charge is 0.410 e. The zero-order chi connectivity index (χ0) is 36.2. The molecule has 2 amide bonds. The van der Waals surface area contributed by atoms with Crippen LogP contribution in [0.5, 0.6) is 6.01 Å². The van der Waals surface area contributed by atoms with Gasteiger partial charge in [-0.3, -0.25) is 4.90 Å². The van der Waals surface area contributed by atoms with Gasteiger partial charge in [-0.05, 0) is 37.3 Å². The Kier molecular flexibility index (Phi) is 10.0. The molecule has 4 aromatic rings. The van der Waals surface area contributed by atoms with E-state index in [4.69, 9.17) is 24.2 Å². The van der Waals surface area contributed by atoms with E-state index >= 15 is 0 Å². The van der Waals surface area contributed by atoms with Crippen LogP contribution in [0, 0.1) is 11.3 Å². The van der Waals surface area contributed by atoms with Crippen LogP contribution >= 0.6 is 0 Å². The first-order valence-corrected chi connectivity index (χ1v) is 17.7. The third-order valence-corrected chi connectivity index (χ3v) is 10.1. The van der Waals surface area contributed by atoms with Gasteiger partial charge in [-0.15, -0.1) is 0 Å². The predicted molar refractivity (Wildman–Crippen MR) is 194 cm³/mol. The standard InChI is InChI=1S/C39H43N7O6/c1-39(2)26-52-30(22-46(39)37(47)48)25-50-36-41-33-23-43(34-14-8-12-28-11-6-7-13-31(28)34)18-16-32(33)35(42-36)44-19-20-45(29(21-44)15-17-40)38(49)51-24-27-9-4-3-5-10-27/h3-14,29-30H,15-16,18-26H2,1-2H3,(H,47,48). The van der Waals surface area contributed by atoms with Gasteiger partial charge in [-0.25, -0.2) is 9.59 Å². The van der Waals surface area contributed by atoms with Crippen LogP contribution in [0.2, 0.25) is 0 Å². The summed E-state index contributed by atoms with van der Waals surface area (Å²) in [5, 5.41) is 21.9. The minimum Gasteiger partial charge on any atom is -0.465 e. The maximum atomic E-state index is 13.3. The summed E-state index contributed by atoms with van der Waals surface area (Å²) in [5.41, 5.74) is 3.20. The molecule has 2 saturated heterocycles. The lowest BCUT2D eigenvalue weighted by molar-refractivity contribution is -0.0985. The number of hydrogen-bond donors (Lipinski definition) is 1. The SMILES string of the molecule is CC1(C)COC(COc2nc3c(c(N4CCN(C(=O)OCc5ccccc5)C(CC#N)C4)n2)CCN(c2cccc4ccccc24)C3)CN1C(=O)O. The molecule has 3 aromatic carbocycles. The molecular formula is C39H43N7O6. The molecule has 270 valence electrons. The van der Waals surface area contributed by atoms with E-state index in [1.165, 1.54) is 4.90 Å². The Morgan fingerprint density at radius 1 is 0.981 bits per heavy atom. The highest BCUT2D eigenvalue weighted by molar-refractivity contribution is 5.94. The second-order valence-electron chi connectivity index (χ2n) is 14.1. The normalized spacial score (nSPS) is 19.9. The Morgan fingerprint density at radius 2 is 1.77 bits per heavy atom. The van der Waals surface area contributed by atoms with E-state index in [1.54, 1.807) is 4.90 Å². The number of benzene rings is 3. The number of carbonyl (C=O) groups is 2. The van der Waals surface area contributed by atoms with Crippen molar-refractivity contribution in [3.05, 3.63) is 89.6 Å². The lowest BCUT2D eigenvalue weighted by Gasteiger charge is -2.43. The minimum absolute atomic E-state index is 0.0726. The van der Waals surface area contributed by atoms with Crippen LogP contribution in [-0.2, 0) is 29.0 Å². The number of rotatable bonds is 8. The number of piperazine rings is 1. The topological polar surface area (TPSA) is 145 Å². The zero-order valence-electron chi connectivity index (χ0n) is 29.5. The molecular weight excluding hydrogens is 662 g/mol. The second kappa shape index (κ2) is 14.9. The third kappa shape index (κ3) is 7.38. The van der Waals surface area contributed by atoms with Crippen LogP contribution in [0.15, 0.2) is 72.8 Å². The first-order valence-electron chi connectivity index (χ1n) is 17.7. The summed E-state index contributed by atoms with van der Waals surface area (Å²) in [7, 11) is 0. The van der Waals surface area contributed by atoms with Gasteiger partial charge in [0.2, 0.25) is 0 Å². The summed E-state index contributed by atoms with van der Waals surface area (Å²) in [6.45, 7) is 6.80. The number of anilines is 2. The van der Waals surface area contributed by atoms with Gasteiger partial charge in [0, 0.05) is 42.8 Å². The van der Waals surface area contributed by atoms with Crippen molar-refractivity contribution in [2.45, 2.75) is 57.5 Å². The molecule has 7 rings (SSSR count). The molecule has 2 unspecified atom stereocenters. The molecule has 2 atom stereocenters. The highest BCUT2D eigenvalue weighted by atomic mass is 16.6. The summed E-state index contributed by atoms with van der Waals surface area (Å²) >= 11 is 0. The quantitative estimate of drug-likeness (QED) is 0.249. The Morgan fingerprint density at radius 3 is 2.58 bits per heavy atom. The van der Waals surface area contributed by atoms with Gasteiger partial charge in [-0.1, -0.05) is 66.7 Å². The predicted octanol–water partition coefficient (Wildman–Crippen LogP) is 5.47. The van der Waals surface area contributed by atoms with Gasteiger partial charge in [0.1, 0.15) is 25.1 Å². The van der Waals surface area contributed by atoms with Crippen LogP contribution in [0.25, 0.3) is 10.8 Å². The highest BCUT2D eigenvalue weighted by Crippen LogP contribution is 2.35. The van der Waals surface area contributed by atoms with Crippen molar-refractivity contribution in [1.29, 1.82) is 5.26 Å². The minimum atomic E-state index is -1.01. The monoisotopic (exact) mass is 705 g/mol. The van der Waals surface area contributed by atoms with Crippen LogP contribution in [-0.4, -0.2) is 101 Å². The molecule has 13 heteroatoms. The molecule has 1 aromatic heterocycles. The van der Waals surface area contributed by atoms with E-state index < -0.39 is 29.9 Å². The van der Waals surface area contributed by atoms with E-state index in [0.717, 1.165) is 45.6 Å². The molecule has 0 saturated carbocycles. The first kappa shape index (κ1) is 34.8. The van der Waals surface area contributed by atoms with Gasteiger partial charge in [0.15, 0.2) is 0 Å². The largest absolute Gasteiger partial charge is 0.465 e. The van der Waals surface area contributed by atoms with Crippen molar-refractivity contribution in [2.75, 3.05) is 55.7 Å². The van der Waals surface area contributed by atoms with Gasteiger partial charge >= 0.3 is 18.2 Å². The van der Waals surface area contributed by atoms with Gasteiger partial charge < -0.3 is 34.0 Å². The number of morpholine rings is 1. The number of nitriles is 1. The number of hydrogen-bond acceptors (Lipinski definition) is 10. The molecule has 3 aliphatic rings. The number of carboxylic acid groups (broad SMARTS) is 1. The van der Waals surface area contributed by atoms with Crippen LogP contribution in [0.1, 0.15) is 37.1 Å². The molecule has 1 N–H and O–H groups in total. The molecule has 2 fully saturated rings. The molecule has 13 nitrogen and oxygen atoms in total. The van der Waals surface area contributed by atoms with Crippen molar-refractivity contribution in [3.8, 4) is 12.1 Å². The number of nitrogens with zero attached hydrogens (tertiary/aromatic N) is 7. The molecule has 3 aliphatic heterocycles. The summed E-state index contributed by atoms with van der Waals surface area (Å²) in [5.74, 6) is 0.718. The number of amides is 2. The fraction of sp³-hybridized carbons (Fsp3) is 0.410. The average Bonchev–Trinajstić information content (AvgIpc) is 3.16. The van der Waals surface area contributed by atoms with E-state index in [0.29, 0.717) is 32.6 Å². The first-order chi connectivity index (χ1) is 25.2. The summed E-state index contributed by atoms with van der Waals surface area (Å²) in [6.07, 6.45) is -1.13. The Balaban J connectivity index is 1.14. The molecule has 0 radical (unpaired) electrons. The number of aromatic nitrogens is 2. The van der Waals surface area contributed by atoms with Crippen LogP contribution < -0.4 is 14.5 Å². The number of carbonyl (C=O) groups excluding carboxylic acids is 1. The highest BCUT2D eigenvalue weighted by Gasteiger charge is 2.39. The van der Waals surface area contributed by atoms with Gasteiger partial charge in [0.25, 0.3) is 0 Å². The molecule has 0 spiro atoms. The van der Waals surface area contributed by atoms with Crippen LogP contribution in [0.4, 0.5) is 21.1 Å². The maximum Gasteiger partial charge on any atom is 0.410 e. The third-order valence-electron chi connectivity index (χ3n) is 10.1. The van der Waals surface area contributed by atoms with Gasteiger partial charge in [0.05, 0.1) is 49.5 Å². The second-order valence-corrected chi connectivity index (χ2v) is 14.1. The molecule has 52 heavy (non-hydrogen) atoms. The van der Waals surface area contributed by atoms with Crippen molar-refractivity contribution in [3.63, 3.8) is 0 Å². The Bertz CT molecular complexity index is 1960. The fourth-order valence-electron chi connectivity index (χ4n) is 7.28. The van der Waals surface area contributed by atoms with E-state index in [9.17, 15) is 20.0 Å². The molecule has 4 heterocycles. The van der Waals surface area contributed by atoms with E-state index in [-0.39, 0.29) is 38.8 Å². The van der Waals surface area contributed by atoms with E-state index in [1.807, 2.05) is 56.3 Å². The Labute approximate surface area is 302 Å². The van der Waals surface area contributed by atoms with Crippen molar-refractivity contribution in [2.24, 2.45) is 0 Å². The molecule has 0 aliphatic carbocycles. The van der Waals surface area contributed by atoms with E-state index in [2.05, 4.69) is 46.2 Å². The summed E-state index contributed by atoms with van der Waals surface area (Å²) in [6, 6.07) is 26.2. The number of fused-ring (bicyclic) bond motifs is 2. The molecule has 0 bridgehead atoms. The maximum absolute atomic E-state index is 13.3. The van der Waals surface area contributed by atoms with Crippen molar-refractivity contribution in [1.82, 2.24) is 19.8 Å².